The molecular weight excluding hydrogens is 212 g/mol. The third-order valence-corrected chi connectivity index (χ3v) is 4.19. The molecule has 1 aliphatic heterocycles. The Kier molecular flexibility index (Phi) is 4.56. The van der Waals surface area contributed by atoms with Gasteiger partial charge < -0.3 is 4.90 Å². The molecule has 4 heteroatoms. The minimum absolute atomic E-state index is 0.322. The summed E-state index contributed by atoms with van der Waals surface area (Å²) in [5, 5.41) is 0. The van der Waals surface area contributed by atoms with Crippen LogP contribution in [-0.4, -0.2) is 55.6 Å². The molecule has 4 nitrogen and oxygen atoms in total. The fourth-order valence-corrected chi connectivity index (χ4v) is 3.01. The highest BCUT2D eigenvalue weighted by Crippen LogP contribution is 2.24. The van der Waals surface area contributed by atoms with E-state index in [1.807, 2.05) is 0 Å². The highest BCUT2D eigenvalue weighted by molar-refractivity contribution is 5.17. The number of allylic oxidation sites excluding steroid dienone is 1. The Morgan fingerprint density at radius 1 is 1.35 bits per heavy atom. The first-order valence-corrected chi connectivity index (χ1v) is 6.76. The Morgan fingerprint density at radius 3 is 2.82 bits per heavy atom. The van der Waals surface area contributed by atoms with E-state index in [-0.39, 0.29) is 0 Å². The summed E-state index contributed by atoms with van der Waals surface area (Å²) in [6.45, 7) is 3.39. The molecule has 98 valence electrons. The van der Waals surface area contributed by atoms with E-state index in [2.05, 4.69) is 35.4 Å². The molecule has 0 bridgehead atoms. The summed E-state index contributed by atoms with van der Waals surface area (Å²) < 4.78 is 0. The van der Waals surface area contributed by atoms with Crippen molar-refractivity contribution in [3.63, 3.8) is 0 Å². The van der Waals surface area contributed by atoms with Crippen LogP contribution in [0.25, 0.3) is 0 Å². The first kappa shape index (κ1) is 13.0. The lowest BCUT2D eigenvalue weighted by molar-refractivity contribution is 0.0948. The van der Waals surface area contributed by atoms with E-state index >= 15 is 0 Å². The fourth-order valence-electron chi connectivity index (χ4n) is 3.01. The SMILES string of the molecule is CN1CCN(C)C(C(NN)C2=CCCCC2)C1. The molecule has 0 spiro atoms. The highest BCUT2D eigenvalue weighted by atomic mass is 15.3. The Hall–Kier alpha value is -0.420. The van der Waals surface area contributed by atoms with Gasteiger partial charge in [0.05, 0.1) is 6.04 Å². The van der Waals surface area contributed by atoms with Crippen molar-refractivity contribution >= 4 is 0 Å². The molecular formula is C13H26N4. The predicted molar refractivity (Wildman–Crippen MR) is 71.6 cm³/mol. The number of rotatable bonds is 3. The van der Waals surface area contributed by atoms with E-state index in [4.69, 9.17) is 5.84 Å². The van der Waals surface area contributed by atoms with Gasteiger partial charge in [-0.1, -0.05) is 11.6 Å². The molecule has 1 fully saturated rings. The van der Waals surface area contributed by atoms with Gasteiger partial charge in [0.25, 0.3) is 0 Å². The van der Waals surface area contributed by atoms with Gasteiger partial charge in [-0.05, 0) is 39.8 Å². The second kappa shape index (κ2) is 5.96. The second-order valence-corrected chi connectivity index (χ2v) is 5.48. The van der Waals surface area contributed by atoms with Gasteiger partial charge in [0.1, 0.15) is 0 Å². The Morgan fingerprint density at radius 2 is 2.18 bits per heavy atom. The van der Waals surface area contributed by atoms with Crippen LogP contribution in [0.3, 0.4) is 0 Å². The third kappa shape index (κ3) is 3.07. The normalized spacial score (nSPS) is 30.1. The van der Waals surface area contributed by atoms with E-state index < -0.39 is 0 Å². The molecule has 2 unspecified atom stereocenters. The van der Waals surface area contributed by atoms with Crippen LogP contribution in [0.15, 0.2) is 11.6 Å². The van der Waals surface area contributed by atoms with Gasteiger partial charge in [-0.3, -0.25) is 16.2 Å². The van der Waals surface area contributed by atoms with Gasteiger partial charge >= 0.3 is 0 Å². The average molecular weight is 238 g/mol. The second-order valence-electron chi connectivity index (χ2n) is 5.48. The number of likely N-dealkylation sites (N-methyl/N-ethyl adjacent to an activating group) is 2. The largest absolute Gasteiger partial charge is 0.303 e. The first-order valence-electron chi connectivity index (χ1n) is 6.76. The van der Waals surface area contributed by atoms with Gasteiger partial charge in [0, 0.05) is 25.7 Å². The lowest BCUT2D eigenvalue weighted by Gasteiger charge is -2.42. The number of hydrogen-bond acceptors (Lipinski definition) is 4. The molecule has 3 N–H and O–H groups in total. The van der Waals surface area contributed by atoms with Crippen molar-refractivity contribution in [3.8, 4) is 0 Å². The zero-order valence-corrected chi connectivity index (χ0v) is 11.2. The number of piperazine rings is 1. The third-order valence-electron chi connectivity index (χ3n) is 4.19. The monoisotopic (exact) mass is 238 g/mol. The first-order chi connectivity index (χ1) is 8.22. The van der Waals surface area contributed by atoms with Crippen molar-refractivity contribution in [3.05, 3.63) is 11.6 Å². The molecule has 0 saturated carbocycles. The minimum atomic E-state index is 0.322. The molecule has 1 heterocycles. The van der Waals surface area contributed by atoms with Crippen LogP contribution in [0.1, 0.15) is 25.7 Å². The Bertz CT molecular complexity index is 277. The van der Waals surface area contributed by atoms with E-state index in [1.165, 1.54) is 31.3 Å². The Labute approximate surface area is 105 Å². The number of hydrogen-bond donors (Lipinski definition) is 2. The topological polar surface area (TPSA) is 44.5 Å². The van der Waals surface area contributed by atoms with Crippen molar-refractivity contribution in [2.75, 3.05) is 33.7 Å². The average Bonchev–Trinajstić information content (AvgIpc) is 2.36. The fraction of sp³-hybridized carbons (Fsp3) is 0.846. The summed E-state index contributed by atoms with van der Waals surface area (Å²) >= 11 is 0. The van der Waals surface area contributed by atoms with Gasteiger partial charge in [0.15, 0.2) is 0 Å². The Balaban J connectivity index is 2.07. The van der Waals surface area contributed by atoms with Gasteiger partial charge in [0.2, 0.25) is 0 Å². The van der Waals surface area contributed by atoms with Crippen LogP contribution in [0, 0.1) is 0 Å². The molecule has 0 aromatic rings. The number of nitrogens with two attached hydrogens (primary N) is 1. The summed E-state index contributed by atoms with van der Waals surface area (Å²) in [7, 11) is 4.41. The van der Waals surface area contributed by atoms with E-state index in [0.29, 0.717) is 12.1 Å². The maximum atomic E-state index is 5.81. The standard InChI is InChI=1S/C13H26N4/c1-16-8-9-17(2)12(10-16)13(15-14)11-6-4-3-5-7-11/h6,12-13,15H,3-5,7-10,14H2,1-2H3. The lowest BCUT2D eigenvalue weighted by atomic mass is 9.89. The van der Waals surface area contributed by atoms with E-state index in [0.717, 1.165) is 19.6 Å². The maximum absolute atomic E-state index is 5.81. The number of nitrogens with zero attached hydrogens (tertiary/aromatic N) is 2. The maximum Gasteiger partial charge on any atom is 0.0587 e. The summed E-state index contributed by atoms with van der Waals surface area (Å²) in [6.07, 6.45) is 7.48. The molecule has 0 aromatic carbocycles. The van der Waals surface area contributed by atoms with Gasteiger partial charge in [-0.15, -0.1) is 0 Å². The number of hydrazine groups is 1. The molecule has 1 aliphatic carbocycles. The molecule has 2 rings (SSSR count). The van der Waals surface area contributed by atoms with Crippen LogP contribution in [0.4, 0.5) is 0 Å². The molecule has 0 aromatic heterocycles. The number of nitrogens with one attached hydrogen (secondary N) is 1. The van der Waals surface area contributed by atoms with Crippen LogP contribution in [0.5, 0.6) is 0 Å². The zero-order valence-electron chi connectivity index (χ0n) is 11.2. The molecule has 17 heavy (non-hydrogen) atoms. The smallest absolute Gasteiger partial charge is 0.0587 e. The molecule has 0 amide bonds. The van der Waals surface area contributed by atoms with Crippen molar-refractivity contribution < 1.29 is 0 Å². The summed E-state index contributed by atoms with van der Waals surface area (Å²) in [6, 6.07) is 0.825. The van der Waals surface area contributed by atoms with Crippen molar-refractivity contribution in [1.82, 2.24) is 15.2 Å². The van der Waals surface area contributed by atoms with E-state index in [1.54, 1.807) is 0 Å². The van der Waals surface area contributed by atoms with Crippen LogP contribution in [-0.2, 0) is 0 Å². The lowest BCUT2D eigenvalue weighted by Crippen LogP contribution is -2.60. The zero-order chi connectivity index (χ0) is 12.3. The quantitative estimate of drug-likeness (QED) is 0.428. The van der Waals surface area contributed by atoms with Crippen LogP contribution < -0.4 is 11.3 Å². The summed E-state index contributed by atoms with van der Waals surface area (Å²) in [4.78, 5) is 4.85. The van der Waals surface area contributed by atoms with Crippen molar-refractivity contribution in [2.45, 2.75) is 37.8 Å². The molecule has 2 aliphatic rings. The minimum Gasteiger partial charge on any atom is -0.303 e. The van der Waals surface area contributed by atoms with Crippen LogP contribution in [0.2, 0.25) is 0 Å². The van der Waals surface area contributed by atoms with E-state index in [9.17, 15) is 0 Å². The van der Waals surface area contributed by atoms with Crippen LogP contribution >= 0.6 is 0 Å². The highest BCUT2D eigenvalue weighted by Gasteiger charge is 2.31. The van der Waals surface area contributed by atoms with Crippen molar-refractivity contribution in [1.29, 1.82) is 0 Å². The summed E-state index contributed by atoms with van der Waals surface area (Å²) in [5.74, 6) is 5.81. The molecule has 1 saturated heterocycles. The van der Waals surface area contributed by atoms with Gasteiger partial charge in [-0.2, -0.15) is 0 Å². The molecule has 2 atom stereocenters. The van der Waals surface area contributed by atoms with Gasteiger partial charge in [-0.25, -0.2) is 0 Å². The van der Waals surface area contributed by atoms with Crippen molar-refractivity contribution in [2.24, 2.45) is 5.84 Å². The molecule has 0 radical (unpaired) electrons. The predicted octanol–water partition coefficient (Wildman–Crippen LogP) is 0.565. The summed E-state index contributed by atoms with van der Waals surface area (Å²) in [5.41, 5.74) is 4.58.